The number of nitrogens with one attached hydrogen (secondary N) is 1. The van der Waals surface area contributed by atoms with Gasteiger partial charge in [0.2, 0.25) is 5.91 Å². The Morgan fingerprint density at radius 3 is 2.13 bits per heavy atom. The molecule has 0 saturated carbocycles. The van der Waals surface area contributed by atoms with E-state index >= 15 is 0 Å². The zero-order chi connectivity index (χ0) is 17.8. The molecule has 0 fully saturated rings. The lowest BCUT2D eigenvalue weighted by Gasteiger charge is -2.20. The number of primary amides is 1. The Bertz CT molecular complexity index is 556. The summed E-state index contributed by atoms with van der Waals surface area (Å²) in [5.41, 5.74) is 4.28. The molecule has 0 aliphatic carbocycles. The molecule has 5 nitrogen and oxygen atoms in total. The van der Waals surface area contributed by atoms with Gasteiger partial charge in [-0.2, -0.15) is 13.2 Å². The molecule has 2 atom stereocenters. The number of aliphatic hydroxyl groups is 1. The SMILES string of the molecule is CC(C)C[C@@H](NC(=O)[C@@H](O)c1ccc(C(F)(F)F)cc1)C(N)=O. The van der Waals surface area contributed by atoms with Crippen LogP contribution in [0.5, 0.6) is 0 Å². The smallest absolute Gasteiger partial charge is 0.378 e. The maximum Gasteiger partial charge on any atom is 0.416 e. The Balaban J connectivity index is 2.81. The van der Waals surface area contributed by atoms with Crippen LogP contribution in [-0.2, 0) is 15.8 Å². The number of nitrogens with two attached hydrogens (primary N) is 1. The summed E-state index contributed by atoms with van der Waals surface area (Å²) in [6, 6.07) is 2.60. The van der Waals surface area contributed by atoms with E-state index in [0.29, 0.717) is 6.42 Å². The van der Waals surface area contributed by atoms with Gasteiger partial charge in [0.05, 0.1) is 5.56 Å². The molecule has 0 spiro atoms. The highest BCUT2D eigenvalue weighted by molar-refractivity contribution is 5.89. The molecule has 0 bridgehead atoms. The highest BCUT2D eigenvalue weighted by Crippen LogP contribution is 2.29. The van der Waals surface area contributed by atoms with E-state index in [0.717, 1.165) is 24.3 Å². The Labute approximate surface area is 131 Å². The van der Waals surface area contributed by atoms with Gasteiger partial charge in [0.15, 0.2) is 6.10 Å². The van der Waals surface area contributed by atoms with Gasteiger partial charge < -0.3 is 16.2 Å². The summed E-state index contributed by atoms with van der Waals surface area (Å²) in [6.45, 7) is 3.66. The Morgan fingerprint density at radius 2 is 1.74 bits per heavy atom. The van der Waals surface area contributed by atoms with Crippen molar-refractivity contribution in [3.8, 4) is 0 Å². The fourth-order valence-corrected chi connectivity index (χ4v) is 1.97. The predicted octanol–water partition coefficient (Wildman–Crippen LogP) is 1.76. The molecule has 4 N–H and O–H groups in total. The third-order valence-corrected chi connectivity index (χ3v) is 3.17. The van der Waals surface area contributed by atoms with Gasteiger partial charge in [-0.3, -0.25) is 9.59 Å². The Kier molecular flexibility index (Phi) is 6.14. The number of rotatable bonds is 6. The number of alkyl halides is 3. The summed E-state index contributed by atoms with van der Waals surface area (Å²) in [5, 5.41) is 12.2. The van der Waals surface area contributed by atoms with Crippen molar-refractivity contribution in [2.45, 2.75) is 38.6 Å². The number of benzene rings is 1. The maximum atomic E-state index is 12.5. The summed E-state index contributed by atoms with van der Waals surface area (Å²) in [4.78, 5) is 23.2. The Morgan fingerprint density at radius 1 is 1.22 bits per heavy atom. The van der Waals surface area contributed by atoms with E-state index in [-0.39, 0.29) is 11.5 Å². The largest absolute Gasteiger partial charge is 0.416 e. The maximum absolute atomic E-state index is 12.5. The molecule has 0 aliphatic rings. The number of hydrogen-bond donors (Lipinski definition) is 3. The van der Waals surface area contributed by atoms with Crippen LogP contribution in [0.4, 0.5) is 13.2 Å². The molecule has 0 unspecified atom stereocenters. The molecule has 0 saturated heterocycles. The zero-order valence-electron chi connectivity index (χ0n) is 12.7. The first-order valence-corrected chi connectivity index (χ1v) is 6.97. The average molecular weight is 332 g/mol. The van der Waals surface area contributed by atoms with E-state index in [4.69, 9.17) is 5.73 Å². The first-order valence-electron chi connectivity index (χ1n) is 6.97. The summed E-state index contributed by atoms with van der Waals surface area (Å²) in [6.07, 6.45) is -5.90. The van der Waals surface area contributed by atoms with Crippen LogP contribution >= 0.6 is 0 Å². The standard InChI is InChI=1S/C15H19F3N2O3/c1-8(2)7-11(13(19)22)20-14(23)12(21)9-3-5-10(6-4-9)15(16,17)18/h3-6,8,11-12,21H,7H2,1-2H3,(H2,19,22)(H,20,23)/t11-,12+/m1/s1. The van der Waals surface area contributed by atoms with Gasteiger partial charge in [-0.25, -0.2) is 0 Å². The van der Waals surface area contributed by atoms with Gasteiger partial charge in [0, 0.05) is 0 Å². The molecule has 2 amide bonds. The third-order valence-electron chi connectivity index (χ3n) is 3.17. The van der Waals surface area contributed by atoms with Gasteiger partial charge in [-0.1, -0.05) is 26.0 Å². The highest BCUT2D eigenvalue weighted by Gasteiger charge is 2.31. The first kappa shape index (κ1) is 19.0. The van der Waals surface area contributed by atoms with Crippen LogP contribution in [-0.4, -0.2) is 23.0 Å². The first-order chi connectivity index (χ1) is 10.5. The van der Waals surface area contributed by atoms with Crippen molar-refractivity contribution in [3.05, 3.63) is 35.4 Å². The minimum Gasteiger partial charge on any atom is -0.378 e. The summed E-state index contributed by atoms with van der Waals surface area (Å²) >= 11 is 0. The summed E-state index contributed by atoms with van der Waals surface area (Å²) in [5.74, 6) is -1.56. The van der Waals surface area contributed by atoms with E-state index < -0.39 is 35.7 Å². The number of halogens is 3. The predicted molar refractivity (Wildman–Crippen MR) is 77.0 cm³/mol. The molecule has 23 heavy (non-hydrogen) atoms. The van der Waals surface area contributed by atoms with E-state index in [1.165, 1.54) is 0 Å². The molecular weight excluding hydrogens is 313 g/mol. The molecule has 0 aromatic heterocycles. The fourth-order valence-electron chi connectivity index (χ4n) is 1.97. The molecule has 1 aromatic rings. The van der Waals surface area contributed by atoms with Crippen LogP contribution in [0.15, 0.2) is 24.3 Å². The van der Waals surface area contributed by atoms with Crippen molar-refractivity contribution in [1.29, 1.82) is 0 Å². The summed E-state index contributed by atoms with van der Waals surface area (Å²) in [7, 11) is 0. The van der Waals surface area contributed by atoms with Crippen molar-refractivity contribution >= 4 is 11.8 Å². The van der Waals surface area contributed by atoms with Crippen molar-refractivity contribution in [3.63, 3.8) is 0 Å². The number of amides is 2. The topological polar surface area (TPSA) is 92.4 Å². The molecule has 128 valence electrons. The van der Waals surface area contributed by atoms with Gasteiger partial charge in [-0.05, 0) is 30.0 Å². The Hall–Kier alpha value is -2.09. The van der Waals surface area contributed by atoms with Crippen LogP contribution < -0.4 is 11.1 Å². The van der Waals surface area contributed by atoms with E-state index in [2.05, 4.69) is 5.32 Å². The number of hydrogen-bond acceptors (Lipinski definition) is 3. The minimum atomic E-state index is -4.50. The van der Waals surface area contributed by atoms with Crippen LogP contribution in [0.25, 0.3) is 0 Å². The van der Waals surface area contributed by atoms with E-state index in [9.17, 15) is 27.9 Å². The third kappa shape index (κ3) is 5.55. The zero-order valence-corrected chi connectivity index (χ0v) is 12.7. The molecule has 1 rings (SSSR count). The quantitative estimate of drug-likeness (QED) is 0.741. The number of aliphatic hydroxyl groups excluding tert-OH is 1. The van der Waals surface area contributed by atoms with Gasteiger partial charge in [0.1, 0.15) is 6.04 Å². The van der Waals surface area contributed by atoms with Crippen molar-refractivity contribution in [1.82, 2.24) is 5.32 Å². The lowest BCUT2D eigenvalue weighted by atomic mass is 10.0. The molecule has 0 aliphatic heterocycles. The fraction of sp³-hybridized carbons (Fsp3) is 0.467. The second kappa shape index (κ2) is 7.45. The molecular formula is C15H19F3N2O3. The highest BCUT2D eigenvalue weighted by atomic mass is 19.4. The van der Waals surface area contributed by atoms with E-state index in [1.807, 2.05) is 13.8 Å². The van der Waals surface area contributed by atoms with Gasteiger partial charge in [-0.15, -0.1) is 0 Å². The second-order valence-electron chi connectivity index (χ2n) is 5.62. The van der Waals surface area contributed by atoms with Crippen molar-refractivity contribution < 1.29 is 27.9 Å². The van der Waals surface area contributed by atoms with E-state index in [1.54, 1.807) is 0 Å². The number of carbonyl (C=O) groups excluding carboxylic acids is 2. The molecule has 0 heterocycles. The average Bonchev–Trinajstić information content (AvgIpc) is 2.44. The van der Waals surface area contributed by atoms with Gasteiger partial charge >= 0.3 is 6.18 Å². The lowest BCUT2D eigenvalue weighted by molar-refractivity contribution is -0.137. The molecule has 8 heteroatoms. The second-order valence-corrected chi connectivity index (χ2v) is 5.62. The minimum absolute atomic E-state index is 0.0109. The van der Waals surface area contributed by atoms with Crippen molar-refractivity contribution in [2.75, 3.05) is 0 Å². The van der Waals surface area contributed by atoms with Crippen LogP contribution in [0.1, 0.15) is 37.5 Å². The molecule has 0 radical (unpaired) electrons. The molecule has 1 aromatic carbocycles. The van der Waals surface area contributed by atoms with Crippen LogP contribution in [0, 0.1) is 5.92 Å². The summed E-state index contributed by atoms with van der Waals surface area (Å²) < 4.78 is 37.4. The monoisotopic (exact) mass is 332 g/mol. The van der Waals surface area contributed by atoms with Crippen LogP contribution in [0.3, 0.4) is 0 Å². The van der Waals surface area contributed by atoms with Crippen LogP contribution in [0.2, 0.25) is 0 Å². The lowest BCUT2D eigenvalue weighted by Crippen LogP contribution is -2.46. The van der Waals surface area contributed by atoms with Gasteiger partial charge in [0.25, 0.3) is 5.91 Å². The normalized spacial score (nSPS) is 14.4. The number of carbonyl (C=O) groups is 2. The van der Waals surface area contributed by atoms with Crippen molar-refractivity contribution in [2.24, 2.45) is 11.7 Å².